The Labute approximate surface area is 170 Å². The van der Waals surface area contributed by atoms with E-state index in [1.54, 1.807) is 7.05 Å². The fourth-order valence-electron chi connectivity index (χ4n) is 3.10. The molecule has 2 aromatic rings. The number of aliphatic imine (C=N–C) groups is 1. The topological polar surface area (TPSA) is 56.7 Å². The molecule has 1 saturated heterocycles. The molecule has 29 heavy (non-hydrogen) atoms. The second-order valence-corrected chi connectivity index (χ2v) is 7.25. The van der Waals surface area contributed by atoms with E-state index in [-0.39, 0.29) is 12.1 Å². The predicted octanol–water partition coefficient (Wildman–Crippen LogP) is 3.16. The van der Waals surface area contributed by atoms with Crippen LogP contribution in [0.1, 0.15) is 23.9 Å². The molecule has 158 valence electrons. The molecular formula is C18H22F4N6S. The fourth-order valence-corrected chi connectivity index (χ4v) is 3.90. The van der Waals surface area contributed by atoms with Gasteiger partial charge in [0.2, 0.25) is 5.13 Å². The number of hydrogen-bond acceptors (Lipinski definition) is 5. The number of benzene rings is 1. The highest BCUT2D eigenvalue weighted by molar-refractivity contribution is 7.09. The zero-order valence-corrected chi connectivity index (χ0v) is 16.9. The normalized spacial score (nSPS) is 15.7. The van der Waals surface area contributed by atoms with Crippen LogP contribution in [0.25, 0.3) is 0 Å². The minimum atomic E-state index is -4.62. The largest absolute Gasteiger partial charge is 0.416 e. The first-order valence-corrected chi connectivity index (χ1v) is 9.98. The fraction of sp³-hybridized carbons (Fsp3) is 0.500. The van der Waals surface area contributed by atoms with E-state index in [2.05, 4.69) is 24.6 Å². The summed E-state index contributed by atoms with van der Waals surface area (Å²) in [6.07, 6.45) is -3.83. The lowest BCUT2D eigenvalue weighted by atomic mass is 10.1. The van der Waals surface area contributed by atoms with Gasteiger partial charge in [-0.1, -0.05) is 13.0 Å². The quantitative estimate of drug-likeness (QED) is 0.459. The van der Waals surface area contributed by atoms with Crippen molar-refractivity contribution >= 4 is 22.6 Å². The Morgan fingerprint density at radius 3 is 2.55 bits per heavy atom. The van der Waals surface area contributed by atoms with Crippen LogP contribution >= 0.6 is 11.5 Å². The summed E-state index contributed by atoms with van der Waals surface area (Å²) in [4.78, 5) is 12.8. The molecule has 1 aromatic heterocycles. The summed E-state index contributed by atoms with van der Waals surface area (Å²) in [7, 11) is 1.59. The molecule has 11 heteroatoms. The second kappa shape index (κ2) is 8.93. The van der Waals surface area contributed by atoms with E-state index in [1.807, 2.05) is 11.8 Å². The van der Waals surface area contributed by atoms with Crippen molar-refractivity contribution in [2.45, 2.75) is 26.1 Å². The van der Waals surface area contributed by atoms with Gasteiger partial charge in [0.1, 0.15) is 11.6 Å². The number of alkyl halides is 3. The van der Waals surface area contributed by atoms with Gasteiger partial charge in [0.15, 0.2) is 5.96 Å². The van der Waals surface area contributed by atoms with Crippen molar-refractivity contribution in [1.29, 1.82) is 0 Å². The van der Waals surface area contributed by atoms with Gasteiger partial charge >= 0.3 is 6.18 Å². The Morgan fingerprint density at radius 1 is 1.24 bits per heavy atom. The number of guanidine groups is 1. The highest BCUT2D eigenvalue weighted by atomic mass is 32.1. The van der Waals surface area contributed by atoms with E-state index in [1.165, 1.54) is 11.5 Å². The highest BCUT2D eigenvalue weighted by Gasteiger charge is 2.34. The third-order valence-corrected chi connectivity index (χ3v) is 5.46. The number of hydrogen-bond donors (Lipinski definition) is 1. The van der Waals surface area contributed by atoms with Crippen LogP contribution in [0.3, 0.4) is 0 Å². The second-order valence-electron chi connectivity index (χ2n) is 6.52. The molecule has 0 aliphatic carbocycles. The van der Waals surface area contributed by atoms with Crippen molar-refractivity contribution in [2.75, 3.05) is 38.1 Å². The van der Waals surface area contributed by atoms with Crippen molar-refractivity contribution < 1.29 is 17.6 Å². The summed E-state index contributed by atoms with van der Waals surface area (Å²) in [5.74, 6) is 0.419. The molecule has 1 aliphatic rings. The van der Waals surface area contributed by atoms with Crippen molar-refractivity contribution in [3.8, 4) is 0 Å². The summed E-state index contributed by atoms with van der Waals surface area (Å²) >= 11 is 1.37. The van der Waals surface area contributed by atoms with Gasteiger partial charge in [0, 0.05) is 57.7 Å². The molecular weight excluding hydrogens is 408 g/mol. The first-order chi connectivity index (χ1) is 13.8. The zero-order valence-electron chi connectivity index (χ0n) is 16.1. The zero-order chi connectivity index (χ0) is 21.0. The molecule has 0 saturated carbocycles. The van der Waals surface area contributed by atoms with Crippen LogP contribution in [0.4, 0.5) is 22.7 Å². The molecule has 0 bridgehead atoms. The maximum absolute atomic E-state index is 13.3. The van der Waals surface area contributed by atoms with Crippen LogP contribution < -0.4 is 10.2 Å². The molecule has 6 nitrogen and oxygen atoms in total. The van der Waals surface area contributed by atoms with Crippen molar-refractivity contribution in [3.05, 3.63) is 41.0 Å². The monoisotopic (exact) mass is 430 g/mol. The third kappa shape index (κ3) is 5.14. The highest BCUT2D eigenvalue weighted by Crippen LogP contribution is 2.32. The summed E-state index contributed by atoms with van der Waals surface area (Å²) < 4.78 is 57.1. The van der Waals surface area contributed by atoms with Gasteiger partial charge in [0.05, 0.1) is 5.56 Å². The van der Waals surface area contributed by atoms with Gasteiger partial charge in [-0.2, -0.15) is 17.5 Å². The van der Waals surface area contributed by atoms with E-state index in [9.17, 15) is 17.6 Å². The van der Waals surface area contributed by atoms with Gasteiger partial charge in [0.25, 0.3) is 0 Å². The van der Waals surface area contributed by atoms with Crippen molar-refractivity contribution in [1.82, 2.24) is 19.6 Å². The van der Waals surface area contributed by atoms with Crippen LogP contribution in [-0.4, -0.2) is 53.4 Å². The molecule has 1 aromatic carbocycles. The Kier molecular flexibility index (Phi) is 6.56. The van der Waals surface area contributed by atoms with E-state index in [0.29, 0.717) is 38.2 Å². The SMILES string of the molecule is CCc1nsc(N2CCN(C(=NC)NCc3ccc(F)cc3C(F)(F)F)CC2)n1. The molecule has 2 heterocycles. The minimum absolute atomic E-state index is 0.0281. The number of aromatic nitrogens is 2. The van der Waals surface area contributed by atoms with Gasteiger partial charge < -0.3 is 15.1 Å². The van der Waals surface area contributed by atoms with E-state index >= 15 is 0 Å². The molecule has 0 amide bonds. The molecule has 3 rings (SSSR count). The predicted molar refractivity (Wildman–Crippen MR) is 105 cm³/mol. The Bertz CT molecular complexity index is 858. The van der Waals surface area contributed by atoms with Crippen molar-refractivity contribution in [3.63, 3.8) is 0 Å². The number of anilines is 1. The number of halogens is 4. The lowest BCUT2D eigenvalue weighted by molar-refractivity contribution is -0.138. The molecule has 0 atom stereocenters. The molecule has 0 radical (unpaired) electrons. The summed E-state index contributed by atoms with van der Waals surface area (Å²) in [5.41, 5.74) is -1.01. The molecule has 1 aliphatic heterocycles. The number of nitrogens with one attached hydrogen (secondary N) is 1. The Morgan fingerprint density at radius 2 is 1.97 bits per heavy atom. The molecule has 0 unspecified atom stereocenters. The number of nitrogens with zero attached hydrogens (tertiary/aromatic N) is 5. The van der Waals surface area contributed by atoms with Crippen LogP contribution in [0.2, 0.25) is 0 Å². The Balaban J connectivity index is 1.61. The standard InChI is InChI=1S/C18H22F4N6S/c1-3-15-25-17(29-26-15)28-8-6-27(7-9-28)16(23-2)24-11-12-4-5-13(19)10-14(12)18(20,21)22/h4-5,10H,3,6-9,11H2,1-2H3,(H,23,24). The van der Waals surface area contributed by atoms with E-state index < -0.39 is 17.6 Å². The average Bonchev–Trinajstić information content (AvgIpc) is 3.18. The smallest absolute Gasteiger partial charge is 0.352 e. The number of aryl methyl sites for hydroxylation is 1. The minimum Gasteiger partial charge on any atom is -0.352 e. The van der Waals surface area contributed by atoms with Crippen LogP contribution in [-0.2, 0) is 19.1 Å². The molecule has 1 N–H and O–H groups in total. The lowest BCUT2D eigenvalue weighted by Gasteiger charge is -2.36. The third-order valence-electron chi connectivity index (χ3n) is 4.65. The number of rotatable bonds is 4. The van der Waals surface area contributed by atoms with Crippen LogP contribution in [0.5, 0.6) is 0 Å². The maximum Gasteiger partial charge on any atom is 0.416 e. The van der Waals surface area contributed by atoms with Crippen LogP contribution in [0, 0.1) is 5.82 Å². The average molecular weight is 430 g/mol. The maximum atomic E-state index is 13.3. The van der Waals surface area contributed by atoms with Gasteiger partial charge in [-0.25, -0.2) is 9.37 Å². The van der Waals surface area contributed by atoms with Crippen LogP contribution in [0.15, 0.2) is 23.2 Å². The van der Waals surface area contributed by atoms with Gasteiger partial charge in [-0.3, -0.25) is 4.99 Å². The first kappa shape index (κ1) is 21.3. The lowest BCUT2D eigenvalue weighted by Crippen LogP contribution is -2.52. The van der Waals surface area contributed by atoms with Gasteiger partial charge in [-0.05, 0) is 17.7 Å². The Hall–Kier alpha value is -2.43. The van der Waals surface area contributed by atoms with Crippen molar-refractivity contribution in [2.24, 2.45) is 4.99 Å². The van der Waals surface area contributed by atoms with Gasteiger partial charge in [-0.15, -0.1) is 0 Å². The molecule has 1 fully saturated rings. The summed E-state index contributed by atoms with van der Waals surface area (Å²) in [6.45, 7) is 4.63. The molecule has 0 spiro atoms. The van der Waals surface area contributed by atoms with E-state index in [4.69, 9.17) is 0 Å². The first-order valence-electron chi connectivity index (χ1n) is 9.20. The summed E-state index contributed by atoms with van der Waals surface area (Å²) in [6, 6.07) is 2.70. The summed E-state index contributed by atoms with van der Waals surface area (Å²) in [5, 5.41) is 3.84. The van der Waals surface area contributed by atoms with E-state index in [0.717, 1.165) is 29.5 Å². The number of piperazine rings is 1.